The summed E-state index contributed by atoms with van der Waals surface area (Å²) in [6.07, 6.45) is 1.15. The van der Waals surface area contributed by atoms with Gasteiger partial charge in [-0.05, 0) is 12.3 Å². The van der Waals surface area contributed by atoms with Gasteiger partial charge in [0.1, 0.15) is 0 Å². The highest BCUT2D eigenvalue weighted by molar-refractivity contribution is 7.09. The monoisotopic (exact) mass is 197 g/mol. The summed E-state index contributed by atoms with van der Waals surface area (Å²) in [6.45, 7) is 11.1. The van der Waals surface area contributed by atoms with Gasteiger partial charge in [0.05, 0.1) is 10.7 Å². The first-order valence-corrected chi connectivity index (χ1v) is 5.81. The molecule has 0 aromatic carbocycles. The zero-order valence-corrected chi connectivity index (χ0v) is 10.0. The molecular weight excluding hydrogens is 178 g/mol. The molecule has 1 aromatic heterocycles. The van der Waals surface area contributed by atoms with Crippen molar-refractivity contribution in [1.82, 2.24) is 4.98 Å². The highest BCUT2D eigenvalue weighted by atomic mass is 32.1. The Hall–Kier alpha value is -0.370. The van der Waals surface area contributed by atoms with Gasteiger partial charge < -0.3 is 0 Å². The van der Waals surface area contributed by atoms with E-state index in [1.807, 2.05) is 0 Å². The Morgan fingerprint density at radius 2 is 2.08 bits per heavy atom. The number of aromatic nitrogens is 1. The van der Waals surface area contributed by atoms with E-state index in [0.29, 0.717) is 5.92 Å². The molecule has 74 valence electrons. The molecule has 0 unspecified atom stereocenters. The molecule has 1 heterocycles. The summed E-state index contributed by atoms with van der Waals surface area (Å²) in [5.41, 5.74) is 1.49. The van der Waals surface area contributed by atoms with Crippen LogP contribution in [-0.2, 0) is 5.41 Å². The molecule has 1 aromatic rings. The van der Waals surface area contributed by atoms with Gasteiger partial charge in [-0.15, -0.1) is 11.3 Å². The second-order valence-corrected chi connectivity index (χ2v) is 5.33. The molecule has 0 aliphatic carbocycles. The molecule has 0 aliphatic heterocycles. The van der Waals surface area contributed by atoms with Crippen LogP contribution in [0.4, 0.5) is 0 Å². The van der Waals surface area contributed by atoms with Crippen molar-refractivity contribution in [2.24, 2.45) is 0 Å². The van der Waals surface area contributed by atoms with Gasteiger partial charge in [0.15, 0.2) is 0 Å². The number of rotatable bonds is 3. The molecule has 13 heavy (non-hydrogen) atoms. The summed E-state index contributed by atoms with van der Waals surface area (Å²) < 4.78 is 0. The van der Waals surface area contributed by atoms with E-state index < -0.39 is 0 Å². The van der Waals surface area contributed by atoms with E-state index in [0.717, 1.165) is 6.42 Å². The Labute approximate surface area is 85.2 Å². The highest BCUT2D eigenvalue weighted by Gasteiger charge is 2.22. The average molecular weight is 197 g/mol. The van der Waals surface area contributed by atoms with Crippen LogP contribution in [0.5, 0.6) is 0 Å². The smallest absolute Gasteiger partial charge is 0.0984 e. The maximum atomic E-state index is 4.67. The van der Waals surface area contributed by atoms with Crippen LogP contribution in [0.15, 0.2) is 5.38 Å². The molecule has 0 saturated carbocycles. The van der Waals surface area contributed by atoms with E-state index >= 15 is 0 Å². The van der Waals surface area contributed by atoms with Crippen LogP contribution in [0.25, 0.3) is 0 Å². The van der Waals surface area contributed by atoms with Crippen LogP contribution in [0.2, 0.25) is 0 Å². The number of hydrogen-bond donors (Lipinski definition) is 0. The van der Waals surface area contributed by atoms with Crippen molar-refractivity contribution >= 4 is 11.3 Å². The van der Waals surface area contributed by atoms with E-state index in [1.165, 1.54) is 10.7 Å². The summed E-state index contributed by atoms with van der Waals surface area (Å²) in [6, 6.07) is 0. The van der Waals surface area contributed by atoms with E-state index in [4.69, 9.17) is 0 Å². The van der Waals surface area contributed by atoms with Crippen molar-refractivity contribution in [2.75, 3.05) is 0 Å². The Morgan fingerprint density at radius 1 is 1.46 bits per heavy atom. The third-order valence-corrected chi connectivity index (χ3v) is 3.80. The molecule has 0 amide bonds. The Bertz CT molecular complexity index is 273. The van der Waals surface area contributed by atoms with Crippen molar-refractivity contribution in [3.05, 3.63) is 16.1 Å². The molecule has 0 atom stereocenters. The van der Waals surface area contributed by atoms with Gasteiger partial charge in [0, 0.05) is 10.8 Å². The molecule has 0 saturated heterocycles. The van der Waals surface area contributed by atoms with Gasteiger partial charge >= 0.3 is 0 Å². The van der Waals surface area contributed by atoms with Gasteiger partial charge in [0.2, 0.25) is 0 Å². The van der Waals surface area contributed by atoms with E-state index in [2.05, 4.69) is 45.0 Å². The van der Waals surface area contributed by atoms with Gasteiger partial charge in [0.25, 0.3) is 0 Å². The van der Waals surface area contributed by atoms with Crippen LogP contribution < -0.4 is 0 Å². The second kappa shape index (κ2) is 3.79. The Balaban J connectivity index is 2.91. The van der Waals surface area contributed by atoms with Crippen LogP contribution in [-0.4, -0.2) is 4.98 Å². The largest absolute Gasteiger partial charge is 0.245 e. The van der Waals surface area contributed by atoms with Gasteiger partial charge in [-0.25, -0.2) is 4.98 Å². The highest BCUT2D eigenvalue weighted by Crippen LogP contribution is 2.30. The quantitative estimate of drug-likeness (QED) is 0.715. The fourth-order valence-corrected chi connectivity index (χ4v) is 2.19. The van der Waals surface area contributed by atoms with Crippen molar-refractivity contribution < 1.29 is 0 Å². The number of nitrogens with zero attached hydrogens (tertiary/aromatic N) is 1. The predicted octanol–water partition coefficient (Wildman–Crippen LogP) is 3.95. The third-order valence-electron chi connectivity index (χ3n) is 2.58. The third kappa shape index (κ3) is 2.31. The van der Waals surface area contributed by atoms with E-state index in [1.54, 1.807) is 11.3 Å². The zero-order chi connectivity index (χ0) is 10.1. The minimum absolute atomic E-state index is 0.248. The first-order valence-electron chi connectivity index (χ1n) is 4.93. The predicted molar refractivity (Wildman–Crippen MR) is 59.5 cm³/mol. The number of thiazole rings is 1. The summed E-state index contributed by atoms with van der Waals surface area (Å²) in [5.74, 6) is 0.553. The molecule has 2 heteroatoms. The summed E-state index contributed by atoms with van der Waals surface area (Å²) in [4.78, 5) is 4.67. The fraction of sp³-hybridized carbons (Fsp3) is 0.727. The van der Waals surface area contributed by atoms with E-state index in [-0.39, 0.29) is 5.41 Å². The molecular formula is C11H19NS. The molecule has 0 bridgehead atoms. The lowest BCUT2D eigenvalue weighted by molar-refractivity contribution is 0.501. The van der Waals surface area contributed by atoms with Crippen LogP contribution >= 0.6 is 11.3 Å². The molecule has 0 fully saturated rings. The maximum Gasteiger partial charge on any atom is 0.0984 e. The molecule has 1 nitrogen and oxygen atoms in total. The standard InChI is InChI=1S/C11H19NS/c1-6-11(4,5)10-12-9(7-13-10)8(2)3/h7-8H,6H2,1-5H3. The fourth-order valence-electron chi connectivity index (χ4n) is 1.01. The number of hydrogen-bond acceptors (Lipinski definition) is 2. The molecule has 0 radical (unpaired) electrons. The van der Waals surface area contributed by atoms with E-state index in [9.17, 15) is 0 Å². The topological polar surface area (TPSA) is 12.9 Å². The average Bonchev–Trinajstić information content (AvgIpc) is 2.52. The van der Waals surface area contributed by atoms with Crippen molar-refractivity contribution in [3.63, 3.8) is 0 Å². The van der Waals surface area contributed by atoms with Crippen molar-refractivity contribution in [3.8, 4) is 0 Å². The van der Waals surface area contributed by atoms with Crippen molar-refractivity contribution in [1.29, 1.82) is 0 Å². The minimum Gasteiger partial charge on any atom is -0.245 e. The molecule has 0 spiro atoms. The first-order chi connectivity index (χ1) is 5.97. The SMILES string of the molecule is CCC(C)(C)c1nc(C(C)C)cs1. The van der Waals surface area contributed by atoms with Crippen LogP contribution in [0.3, 0.4) is 0 Å². The summed E-state index contributed by atoms with van der Waals surface area (Å²) >= 11 is 1.80. The van der Waals surface area contributed by atoms with Crippen LogP contribution in [0.1, 0.15) is 57.7 Å². The lowest BCUT2D eigenvalue weighted by Gasteiger charge is -2.18. The molecule has 0 aliphatic rings. The minimum atomic E-state index is 0.248. The summed E-state index contributed by atoms with van der Waals surface area (Å²) in [5, 5.41) is 3.47. The second-order valence-electron chi connectivity index (χ2n) is 4.47. The van der Waals surface area contributed by atoms with Gasteiger partial charge in [-0.1, -0.05) is 34.6 Å². The van der Waals surface area contributed by atoms with Gasteiger partial charge in [-0.3, -0.25) is 0 Å². The zero-order valence-electron chi connectivity index (χ0n) is 9.22. The maximum absolute atomic E-state index is 4.67. The Kier molecular flexibility index (Phi) is 3.12. The normalized spacial score (nSPS) is 12.5. The lowest BCUT2D eigenvalue weighted by atomic mass is 9.91. The molecule has 1 rings (SSSR count). The van der Waals surface area contributed by atoms with Crippen molar-refractivity contribution in [2.45, 2.75) is 52.4 Å². The Morgan fingerprint density at radius 3 is 2.46 bits per heavy atom. The lowest BCUT2D eigenvalue weighted by Crippen LogP contribution is -2.15. The van der Waals surface area contributed by atoms with Gasteiger partial charge in [-0.2, -0.15) is 0 Å². The van der Waals surface area contributed by atoms with Crippen LogP contribution in [0, 0.1) is 0 Å². The first kappa shape index (κ1) is 10.7. The molecule has 0 N–H and O–H groups in total. The summed E-state index contributed by atoms with van der Waals surface area (Å²) in [7, 11) is 0.